The van der Waals surface area contributed by atoms with E-state index in [1.807, 2.05) is 5.57 Å². The molecule has 0 amide bonds. The number of allylic oxidation sites excluding steroid dienone is 2. The average Bonchev–Trinajstić information content (AvgIpc) is 2.30. The van der Waals surface area contributed by atoms with Gasteiger partial charge in [0.2, 0.25) is 0 Å². The van der Waals surface area contributed by atoms with Crippen LogP contribution in [0, 0.1) is 17.8 Å². The predicted molar refractivity (Wildman–Crippen MR) is 69.3 cm³/mol. The largest absolute Gasteiger partial charge is 0.0813 e. The summed E-state index contributed by atoms with van der Waals surface area (Å²) in [5, 5.41) is 0. The molecule has 90 valence electrons. The minimum absolute atomic E-state index is 0.997. The molecule has 3 aliphatic rings. The molecule has 0 bridgehead atoms. The second-order valence-electron chi connectivity index (χ2n) is 6.34. The van der Waals surface area contributed by atoms with Gasteiger partial charge in [0.15, 0.2) is 0 Å². The Bertz CT molecular complexity index is 251. The Morgan fingerprint density at radius 2 is 1.31 bits per heavy atom. The van der Waals surface area contributed by atoms with Crippen molar-refractivity contribution in [2.24, 2.45) is 17.8 Å². The fourth-order valence-electron chi connectivity index (χ4n) is 4.15. The SMILES string of the molecule is C1=C(C2CCCCC2)CC1C1CCCCC1. The van der Waals surface area contributed by atoms with E-state index in [9.17, 15) is 0 Å². The Morgan fingerprint density at radius 1 is 0.750 bits per heavy atom. The lowest BCUT2D eigenvalue weighted by Crippen LogP contribution is -2.26. The summed E-state index contributed by atoms with van der Waals surface area (Å²) in [7, 11) is 0. The van der Waals surface area contributed by atoms with Crippen LogP contribution in [0.4, 0.5) is 0 Å². The van der Waals surface area contributed by atoms with Crippen LogP contribution in [0.1, 0.15) is 70.6 Å². The Morgan fingerprint density at radius 3 is 1.94 bits per heavy atom. The van der Waals surface area contributed by atoms with Gasteiger partial charge in [0, 0.05) is 0 Å². The summed E-state index contributed by atoms with van der Waals surface area (Å²) in [6.07, 6.45) is 19.2. The molecule has 3 rings (SSSR count). The maximum atomic E-state index is 2.69. The van der Waals surface area contributed by atoms with Crippen LogP contribution in [0.3, 0.4) is 0 Å². The Kier molecular flexibility index (Phi) is 3.35. The van der Waals surface area contributed by atoms with E-state index in [-0.39, 0.29) is 0 Å². The van der Waals surface area contributed by atoms with Crippen LogP contribution in [0.2, 0.25) is 0 Å². The number of hydrogen-bond acceptors (Lipinski definition) is 0. The first kappa shape index (κ1) is 10.9. The molecule has 2 saturated carbocycles. The van der Waals surface area contributed by atoms with Crippen LogP contribution in [0.15, 0.2) is 11.6 Å². The summed E-state index contributed by atoms with van der Waals surface area (Å²) in [4.78, 5) is 0. The van der Waals surface area contributed by atoms with Gasteiger partial charge >= 0.3 is 0 Å². The van der Waals surface area contributed by atoms with E-state index in [4.69, 9.17) is 0 Å². The standard InChI is InChI=1S/C16H26/c1-3-7-13(8-4-1)15-11-16(12-15)14-9-5-2-6-10-14/h11,13-15H,1-10,12H2. The fraction of sp³-hybridized carbons (Fsp3) is 0.875. The molecule has 0 saturated heterocycles. The highest BCUT2D eigenvalue weighted by Gasteiger charge is 2.32. The van der Waals surface area contributed by atoms with E-state index < -0.39 is 0 Å². The first-order chi connectivity index (χ1) is 7.93. The molecule has 0 aromatic carbocycles. The highest BCUT2D eigenvalue weighted by atomic mass is 14.4. The van der Waals surface area contributed by atoms with E-state index >= 15 is 0 Å². The van der Waals surface area contributed by atoms with Crippen LogP contribution in [0.5, 0.6) is 0 Å². The molecule has 1 atom stereocenters. The first-order valence-electron chi connectivity index (χ1n) is 7.64. The molecule has 3 aliphatic carbocycles. The zero-order valence-corrected chi connectivity index (χ0v) is 10.6. The Labute approximate surface area is 101 Å². The summed E-state index contributed by atoms with van der Waals surface area (Å²) >= 11 is 0. The summed E-state index contributed by atoms with van der Waals surface area (Å²) in [5.41, 5.74) is 1.86. The van der Waals surface area contributed by atoms with Gasteiger partial charge in [-0.1, -0.05) is 50.2 Å². The molecule has 2 fully saturated rings. The Hall–Kier alpha value is -0.260. The zero-order valence-electron chi connectivity index (χ0n) is 10.6. The van der Waals surface area contributed by atoms with Crippen molar-refractivity contribution in [3.05, 3.63) is 11.6 Å². The van der Waals surface area contributed by atoms with Crippen LogP contribution < -0.4 is 0 Å². The highest BCUT2D eigenvalue weighted by Crippen LogP contribution is 2.45. The van der Waals surface area contributed by atoms with E-state index in [1.165, 1.54) is 70.6 Å². The number of rotatable bonds is 2. The lowest BCUT2D eigenvalue weighted by Gasteiger charge is -2.39. The van der Waals surface area contributed by atoms with Gasteiger partial charge in [0.1, 0.15) is 0 Å². The molecule has 16 heavy (non-hydrogen) atoms. The van der Waals surface area contributed by atoms with Gasteiger partial charge in [0.05, 0.1) is 0 Å². The average molecular weight is 218 g/mol. The van der Waals surface area contributed by atoms with Crippen LogP contribution in [0.25, 0.3) is 0 Å². The van der Waals surface area contributed by atoms with E-state index in [2.05, 4.69) is 6.08 Å². The molecule has 0 spiro atoms. The molecule has 0 heterocycles. The lowest BCUT2D eigenvalue weighted by atomic mass is 9.67. The zero-order chi connectivity index (χ0) is 10.8. The van der Waals surface area contributed by atoms with Gasteiger partial charge in [-0.2, -0.15) is 0 Å². The topological polar surface area (TPSA) is 0 Å². The molecule has 0 aromatic heterocycles. The third kappa shape index (κ3) is 2.21. The lowest BCUT2D eigenvalue weighted by molar-refractivity contribution is 0.250. The van der Waals surface area contributed by atoms with Crippen molar-refractivity contribution in [2.45, 2.75) is 70.6 Å². The van der Waals surface area contributed by atoms with E-state index in [1.54, 1.807) is 0 Å². The van der Waals surface area contributed by atoms with Crippen molar-refractivity contribution >= 4 is 0 Å². The number of hydrogen-bond donors (Lipinski definition) is 0. The smallest absolute Gasteiger partial charge is 0.0165 e. The Balaban J connectivity index is 1.52. The molecule has 0 N–H and O–H groups in total. The minimum atomic E-state index is 0.997. The summed E-state index contributed by atoms with van der Waals surface area (Å²) < 4.78 is 0. The molecule has 0 aromatic rings. The molecule has 0 nitrogen and oxygen atoms in total. The van der Waals surface area contributed by atoms with Gasteiger partial charge in [-0.3, -0.25) is 0 Å². The molecule has 0 heteroatoms. The van der Waals surface area contributed by atoms with Crippen LogP contribution in [-0.4, -0.2) is 0 Å². The third-order valence-corrected chi connectivity index (χ3v) is 5.28. The normalized spacial score (nSPS) is 33.2. The molecule has 1 unspecified atom stereocenters. The van der Waals surface area contributed by atoms with Crippen molar-refractivity contribution in [2.75, 3.05) is 0 Å². The highest BCUT2D eigenvalue weighted by molar-refractivity contribution is 5.21. The minimum Gasteiger partial charge on any atom is -0.0813 e. The maximum Gasteiger partial charge on any atom is -0.0165 e. The second-order valence-corrected chi connectivity index (χ2v) is 6.34. The van der Waals surface area contributed by atoms with Gasteiger partial charge in [-0.05, 0) is 49.9 Å². The van der Waals surface area contributed by atoms with Crippen molar-refractivity contribution in [3.63, 3.8) is 0 Å². The quantitative estimate of drug-likeness (QED) is 0.566. The monoisotopic (exact) mass is 218 g/mol. The second kappa shape index (κ2) is 4.94. The van der Waals surface area contributed by atoms with Crippen molar-refractivity contribution < 1.29 is 0 Å². The van der Waals surface area contributed by atoms with Gasteiger partial charge in [-0.25, -0.2) is 0 Å². The van der Waals surface area contributed by atoms with E-state index in [0.717, 1.165) is 17.8 Å². The third-order valence-electron chi connectivity index (χ3n) is 5.28. The molecule has 0 aliphatic heterocycles. The van der Waals surface area contributed by atoms with Crippen molar-refractivity contribution in [1.82, 2.24) is 0 Å². The van der Waals surface area contributed by atoms with Crippen LogP contribution in [-0.2, 0) is 0 Å². The summed E-state index contributed by atoms with van der Waals surface area (Å²) in [5.74, 6) is 3.08. The maximum absolute atomic E-state index is 2.69. The summed E-state index contributed by atoms with van der Waals surface area (Å²) in [6, 6.07) is 0. The van der Waals surface area contributed by atoms with Gasteiger partial charge in [-0.15, -0.1) is 0 Å². The molecular weight excluding hydrogens is 192 g/mol. The fourth-order valence-corrected chi connectivity index (χ4v) is 4.15. The van der Waals surface area contributed by atoms with E-state index in [0.29, 0.717) is 0 Å². The van der Waals surface area contributed by atoms with Crippen LogP contribution >= 0.6 is 0 Å². The van der Waals surface area contributed by atoms with Gasteiger partial charge in [0.25, 0.3) is 0 Å². The van der Waals surface area contributed by atoms with Crippen molar-refractivity contribution in [1.29, 1.82) is 0 Å². The molecular formula is C16H26. The molecule has 0 radical (unpaired) electrons. The predicted octanol–water partition coefficient (Wildman–Crippen LogP) is 5.09. The first-order valence-corrected chi connectivity index (χ1v) is 7.64. The summed E-state index contributed by atoms with van der Waals surface area (Å²) in [6.45, 7) is 0. The van der Waals surface area contributed by atoms with Crippen molar-refractivity contribution in [3.8, 4) is 0 Å². The van der Waals surface area contributed by atoms with Gasteiger partial charge < -0.3 is 0 Å².